The molecule has 1 heterocycles. The summed E-state index contributed by atoms with van der Waals surface area (Å²) in [6.45, 7) is 0.312. The highest BCUT2D eigenvalue weighted by Crippen LogP contribution is 2.24. The number of likely N-dealkylation sites (N-methyl/N-ethyl adjacent to an activating group) is 1. The van der Waals surface area contributed by atoms with Gasteiger partial charge < -0.3 is 15.4 Å². The van der Waals surface area contributed by atoms with Gasteiger partial charge in [-0.15, -0.1) is 0 Å². The number of ether oxygens (including phenoxy) is 1. The van der Waals surface area contributed by atoms with Crippen LogP contribution in [0.1, 0.15) is 12.0 Å². The van der Waals surface area contributed by atoms with E-state index < -0.39 is 17.9 Å². The SMILES string of the molecule is COc1ccccc1CNC(=O)C1CC(C(=O)Nc2ccc(F)c(Cl)c2)N(C)SN1. The van der Waals surface area contributed by atoms with Gasteiger partial charge in [-0.3, -0.25) is 9.59 Å². The number of anilines is 1. The molecule has 2 atom stereocenters. The van der Waals surface area contributed by atoms with Gasteiger partial charge in [-0.05, 0) is 37.7 Å². The molecular formula is C20H22ClFN4O3S. The Morgan fingerprint density at radius 1 is 1.30 bits per heavy atom. The average Bonchev–Trinajstić information content (AvgIpc) is 2.75. The molecule has 2 aromatic carbocycles. The lowest BCUT2D eigenvalue weighted by Crippen LogP contribution is -2.54. The third-order valence-electron chi connectivity index (χ3n) is 4.69. The first-order chi connectivity index (χ1) is 14.4. The van der Waals surface area contributed by atoms with Crippen LogP contribution < -0.4 is 20.1 Å². The molecule has 7 nitrogen and oxygen atoms in total. The highest BCUT2D eigenvalue weighted by atomic mass is 35.5. The average molecular weight is 453 g/mol. The predicted molar refractivity (Wildman–Crippen MR) is 116 cm³/mol. The van der Waals surface area contributed by atoms with E-state index in [0.29, 0.717) is 18.0 Å². The molecule has 1 fully saturated rings. The van der Waals surface area contributed by atoms with Crippen LogP contribution in [0.15, 0.2) is 42.5 Å². The summed E-state index contributed by atoms with van der Waals surface area (Å²) in [4.78, 5) is 25.4. The summed E-state index contributed by atoms with van der Waals surface area (Å²) in [5.74, 6) is -0.393. The largest absolute Gasteiger partial charge is 0.496 e. The predicted octanol–water partition coefficient (Wildman–Crippen LogP) is 2.97. The van der Waals surface area contributed by atoms with Gasteiger partial charge in [0.2, 0.25) is 11.8 Å². The fourth-order valence-corrected chi connectivity index (χ4v) is 4.00. The van der Waals surface area contributed by atoms with Gasteiger partial charge >= 0.3 is 0 Å². The fourth-order valence-electron chi connectivity index (χ4n) is 3.02. The summed E-state index contributed by atoms with van der Waals surface area (Å²) in [6, 6.07) is 10.3. The minimum atomic E-state index is -0.568. The number of carbonyl (C=O) groups is 2. The van der Waals surface area contributed by atoms with Gasteiger partial charge in [0.25, 0.3) is 0 Å². The quantitative estimate of drug-likeness (QED) is 0.584. The highest BCUT2D eigenvalue weighted by molar-refractivity contribution is 7.95. The Labute approximate surface area is 183 Å². The monoisotopic (exact) mass is 452 g/mol. The van der Waals surface area contributed by atoms with E-state index in [1.165, 1.54) is 30.3 Å². The number of carbonyl (C=O) groups excluding carboxylic acids is 2. The van der Waals surface area contributed by atoms with Gasteiger partial charge in [0.15, 0.2) is 0 Å². The summed E-state index contributed by atoms with van der Waals surface area (Å²) in [5, 5.41) is 5.52. The van der Waals surface area contributed by atoms with Crippen molar-refractivity contribution < 1.29 is 18.7 Å². The fraction of sp³-hybridized carbons (Fsp3) is 0.300. The zero-order valence-corrected chi connectivity index (χ0v) is 18.0. The number of amides is 2. The van der Waals surface area contributed by atoms with Crippen LogP contribution in [0.2, 0.25) is 5.02 Å². The minimum absolute atomic E-state index is 0.0746. The van der Waals surface area contributed by atoms with Crippen molar-refractivity contribution in [2.45, 2.75) is 25.0 Å². The molecular weight excluding hydrogens is 431 g/mol. The molecule has 2 unspecified atom stereocenters. The second-order valence-corrected chi connectivity index (χ2v) is 8.11. The molecule has 160 valence electrons. The van der Waals surface area contributed by atoms with Crippen molar-refractivity contribution in [3.05, 3.63) is 58.9 Å². The number of nitrogens with zero attached hydrogens (tertiary/aromatic N) is 1. The lowest BCUT2D eigenvalue weighted by atomic mass is 10.1. The Kier molecular flexibility index (Phi) is 7.54. The molecule has 1 aliphatic rings. The van der Waals surface area contributed by atoms with Crippen LogP contribution in [0.25, 0.3) is 0 Å². The van der Waals surface area contributed by atoms with Gasteiger partial charge in [0, 0.05) is 29.9 Å². The Hall–Kier alpha value is -2.33. The number of hydrogen-bond acceptors (Lipinski definition) is 6. The molecule has 1 saturated heterocycles. The zero-order valence-electron chi connectivity index (χ0n) is 16.4. The van der Waals surface area contributed by atoms with Crippen molar-refractivity contribution in [1.82, 2.24) is 14.3 Å². The molecule has 0 bridgehead atoms. The third kappa shape index (κ3) is 5.42. The van der Waals surface area contributed by atoms with Crippen molar-refractivity contribution in [2.75, 3.05) is 19.5 Å². The summed E-state index contributed by atoms with van der Waals surface area (Å²) < 4.78 is 23.4. The Bertz CT molecular complexity index is 933. The smallest absolute Gasteiger partial charge is 0.242 e. The first kappa shape index (κ1) is 22.4. The summed E-state index contributed by atoms with van der Waals surface area (Å²) in [7, 11) is 3.33. The van der Waals surface area contributed by atoms with Crippen LogP contribution >= 0.6 is 23.7 Å². The van der Waals surface area contributed by atoms with Crippen molar-refractivity contribution >= 4 is 41.2 Å². The lowest BCUT2D eigenvalue weighted by Gasteiger charge is -2.34. The lowest BCUT2D eigenvalue weighted by molar-refractivity contribution is -0.124. The van der Waals surface area contributed by atoms with E-state index in [1.54, 1.807) is 18.5 Å². The van der Waals surface area contributed by atoms with Crippen molar-refractivity contribution in [2.24, 2.45) is 0 Å². The Morgan fingerprint density at radius 2 is 2.07 bits per heavy atom. The molecule has 2 amide bonds. The molecule has 30 heavy (non-hydrogen) atoms. The minimum Gasteiger partial charge on any atom is -0.496 e. The number of methoxy groups -OCH3 is 1. The van der Waals surface area contributed by atoms with Gasteiger partial charge in [-0.25, -0.2) is 13.4 Å². The highest BCUT2D eigenvalue weighted by Gasteiger charge is 2.35. The van der Waals surface area contributed by atoms with Crippen LogP contribution in [0.5, 0.6) is 5.75 Å². The second kappa shape index (κ2) is 10.1. The molecule has 0 radical (unpaired) electrons. The van der Waals surface area contributed by atoms with E-state index in [1.807, 2.05) is 24.3 Å². The van der Waals surface area contributed by atoms with Crippen molar-refractivity contribution in [3.8, 4) is 5.75 Å². The molecule has 0 spiro atoms. The van der Waals surface area contributed by atoms with E-state index in [0.717, 1.165) is 5.56 Å². The molecule has 0 aromatic heterocycles. The summed E-state index contributed by atoms with van der Waals surface area (Å²) >= 11 is 6.96. The van der Waals surface area contributed by atoms with E-state index >= 15 is 0 Å². The second-order valence-electron chi connectivity index (χ2n) is 6.71. The van der Waals surface area contributed by atoms with Crippen LogP contribution in [0.4, 0.5) is 10.1 Å². The molecule has 2 aromatic rings. The number of para-hydroxylation sites is 1. The maximum absolute atomic E-state index is 13.3. The van der Waals surface area contributed by atoms with Crippen molar-refractivity contribution in [3.63, 3.8) is 0 Å². The topological polar surface area (TPSA) is 82.7 Å². The summed E-state index contributed by atoms with van der Waals surface area (Å²) in [5.41, 5.74) is 1.25. The number of benzene rings is 2. The summed E-state index contributed by atoms with van der Waals surface area (Å²) in [6.07, 6.45) is 0.266. The molecule has 10 heteroatoms. The van der Waals surface area contributed by atoms with Gasteiger partial charge in [-0.2, -0.15) is 0 Å². The first-order valence-corrected chi connectivity index (χ1v) is 10.3. The van der Waals surface area contributed by atoms with Crippen LogP contribution in [0, 0.1) is 5.82 Å². The number of rotatable bonds is 6. The molecule has 0 saturated carbocycles. The Balaban J connectivity index is 1.60. The van der Waals surface area contributed by atoms with Gasteiger partial charge in [0.1, 0.15) is 17.6 Å². The van der Waals surface area contributed by atoms with E-state index in [2.05, 4.69) is 15.4 Å². The Morgan fingerprint density at radius 3 is 2.80 bits per heavy atom. The zero-order chi connectivity index (χ0) is 21.7. The first-order valence-electron chi connectivity index (χ1n) is 9.20. The van der Waals surface area contributed by atoms with Crippen LogP contribution in [-0.2, 0) is 16.1 Å². The van der Waals surface area contributed by atoms with Crippen LogP contribution in [0.3, 0.4) is 0 Å². The molecule has 3 N–H and O–H groups in total. The van der Waals surface area contributed by atoms with E-state index in [4.69, 9.17) is 16.3 Å². The van der Waals surface area contributed by atoms with Crippen LogP contribution in [-0.4, -0.2) is 42.4 Å². The van der Waals surface area contributed by atoms with Crippen molar-refractivity contribution in [1.29, 1.82) is 0 Å². The maximum atomic E-state index is 13.3. The van der Waals surface area contributed by atoms with E-state index in [9.17, 15) is 14.0 Å². The third-order valence-corrected chi connectivity index (χ3v) is 5.91. The molecule has 3 rings (SSSR count). The standard InChI is InChI=1S/C20H22ClFN4O3S/c1-26-17(20(28)24-13-7-8-15(22)14(21)9-13)10-16(25-30-26)19(27)23-11-12-5-3-4-6-18(12)29-2/h3-9,16-17,25H,10-11H2,1-2H3,(H,23,27)(H,24,28). The van der Waals surface area contributed by atoms with Gasteiger partial charge in [-0.1, -0.05) is 29.8 Å². The number of nitrogens with one attached hydrogen (secondary N) is 3. The number of halogens is 2. The maximum Gasteiger partial charge on any atom is 0.242 e. The number of hydrogen-bond donors (Lipinski definition) is 3. The van der Waals surface area contributed by atoms with E-state index in [-0.39, 0.29) is 23.3 Å². The normalized spacial score (nSPS) is 19.2. The van der Waals surface area contributed by atoms with Gasteiger partial charge in [0.05, 0.1) is 18.2 Å². The molecule has 0 aliphatic carbocycles. The molecule has 1 aliphatic heterocycles.